The number of hydrogen-bond donors (Lipinski definition) is 3. The monoisotopic (exact) mass is 491 g/mol. The number of amides is 3. The maximum absolute atomic E-state index is 13.9. The Hall–Kier alpha value is -2.77. The molecule has 8 nitrogen and oxygen atoms in total. The van der Waals surface area contributed by atoms with Gasteiger partial charge in [-0.05, 0) is 70.6 Å². The van der Waals surface area contributed by atoms with Crippen LogP contribution in [0.5, 0.6) is 5.75 Å². The van der Waals surface area contributed by atoms with Crippen LogP contribution >= 0.6 is 0 Å². The van der Waals surface area contributed by atoms with Gasteiger partial charge in [0.25, 0.3) is 0 Å². The molecule has 0 aromatic heterocycles. The molecule has 0 heterocycles. The van der Waals surface area contributed by atoms with E-state index in [4.69, 9.17) is 4.74 Å². The van der Waals surface area contributed by atoms with Crippen molar-refractivity contribution in [3.8, 4) is 5.75 Å². The lowest BCUT2D eigenvalue weighted by molar-refractivity contribution is -0.143. The highest BCUT2D eigenvalue weighted by molar-refractivity contribution is 5.92. The van der Waals surface area contributed by atoms with E-state index >= 15 is 0 Å². The third-order valence-corrected chi connectivity index (χ3v) is 5.30. The minimum atomic E-state index is -0.955. The molecule has 8 heteroatoms. The second-order valence-corrected chi connectivity index (χ2v) is 10.6. The molecular weight excluding hydrogens is 446 g/mol. The van der Waals surface area contributed by atoms with Gasteiger partial charge in [0.15, 0.2) is 0 Å². The van der Waals surface area contributed by atoms with Crippen LogP contribution in [0.4, 0.5) is 4.79 Å². The van der Waals surface area contributed by atoms with Crippen LogP contribution in [0, 0.1) is 5.92 Å². The number of phenols is 1. The Morgan fingerprint density at radius 2 is 1.71 bits per heavy atom. The molecule has 0 radical (unpaired) electrons. The molecule has 0 aliphatic carbocycles. The van der Waals surface area contributed by atoms with Crippen molar-refractivity contribution in [3.05, 3.63) is 29.8 Å². The zero-order valence-corrected chi connectivity index (χ0v) is 22.7. The molecule has 3 amide bonds. The van der Waals surface area contributed by atoms with E-state index in [-0.39, 0.29) is 29.5 Å². The molecule has 0 aliphatic rings. The summed E-state index contributed by atoms with van der Waals surface area (Å²) in [5, 5.41) is 15.9. The molecule has 0 bridgehead atoms. The van der Waals surface area contributed by atoms with E-state index in [0.717, 1.165) is 12.8 Å². The zero-order chi connectivity index (χ0) is 26.8. The highest BCUT2D eigenvalue weighted by Crippen LogP contribution is 2.27. The topological polar surface area (TPSA) is 108 Å². The Kier molecular flexibility index (Phi) is 12.1. The van der Waals surface area contributed by atoms with Crippen LogP contribution < -0.4 is 10.6 Å². The van der Waals surface area contributed by atoms with Gasteiger partial charge in [-0.3, -0.25) is 9.59 Å². The predicted molar refractivity (Wildman–Crippen MR) is 138 cm³/mol. The number of benzene rings is 1. The standard InChI is InChI=1S/C27H45N3O5/c1-9-12-19(5)28-24(32)23(20-13-11-14-21(31)17-20)30(15-10-2)25(33)22(16-18(3)4)29-26(34)35-27(6,7)8/h11,13-14,17-19,22-23,31H,9-10,12,15-16H2,1-8H3,(H,28,32)(H,29,34). The van der Waals surface area contributed by atoms with E-state index in [1.807, 2.05) is 34.6 Å². The van der Waals surface area contributed by atoms with Gasteiger partial charge in [0.1, 0.15) is 23.4 Å². The van der Waals surface area contributed by atoms with Crippen molar-refractivity contribution in [2.24, 2.45) is 5.92 Å². The summed E-state index contributed by atoms with van der Waals surface area (Å²) in [6.07, 6.45) is 2.03. The van der Waals surface area contributed by atoms with Crippen molar-refractivity contribution in [3.63, 3.8) is 0 Å². The number of phenolic OH excluding ortho intramolecular Hbond substituents is 1. The van der Waals surface area contributed by atoms with Gasteiger partial charge in [0.05, 0.1) is 0 Å². The molecule has 0 saturated carbocycles. The normalized spacial score (nSPS) is 14.1. The Bertz CT molecular complexity index is 834. The lowest BCUT2D eigenvalue weighted by Crippen LogP contribution is -2.54. The summed E-state index contributed by atoms with van der Waals surface area (Å²) >= 11 is 0. The molecule has 1 rings (SSSR count). The van der Waals surface area contributed by atoms with Crippen LogP contribution in [0.15, 0.2) is 24.3 Å². The van der Waals surface area contributed by atoms with Crippen molar-refractivity contribution in [2.75, 3.05) is 6.54 Å². The number of carbonyl (C=O) groups is 3. The Morgan fingerprint density at radius 3 is 2.23 bits per heavy atom. The molecule has 0 spiro atoms. The lowest BCUT2D eigenvalue weighted by atomic mass is 9.98. The SMILES string of the molecule is CCCC(C)NC(=O)C(c1cccc(O)c1)N(CCC)C(=O)C(CC(C)C)NC(=O)OC(C)(C)C. The predicted octanol–water partition coefficient (Wildman–Crippen LogP) is 4.92. The fourth-order valence-corrected chi connectivity index (χ4v) is 3.95. The van der Waals surface area contributed by atoms with Gasteiger partial charge in [-0.15, -0.1) is 0 Å². The van der Waals surface area contributed by atoms with E-state index < -0.39 is 23.8 Å². The van der Waals surface area contributed by atoms with E-state index in [2.05, 4.69) is 10.6 Å². The van der Waals surface area contributed by atoms with Gasteiger partial charge in [-0.2, -0.15) is 0 Å². The second kappa shape index (κ2) is 14.0. The Balaban J connectivity index is 3.42. The smallest absolute Gasteiger partial charge is 0.408 e. The quantitative estimate of drug-likeness (QED) is 0.385. The summed E-state index contributed by atoms with van der Waals surface area (Å²) in [4.78, 5) is 41.5. The number of alkyl carbamates (subject to hydrolysis) is 1. The minimum absolute atomic E-state index is 0.0106. The number of hydrogen-bond acceptors (Lipinski definition) is 5. The first-order chi connectivity index (χ1) is 16.3. The van der Waals surface area contributed by atoms with Crippen LogP contribution in [0.25, 0.3) is 0 Å². The second-order valence-electron chi connectivity index (χ2n) is 10.6. The van der Waals surface area contributed by atoms with Crippen LogP contribution in [-0.4, -0.2) is 52.1 Å². The highest BCUT2D eigenvalue weighted by atomic mass is 16.6. The first-order valence-electron chi connectivity index (χ1n) is 12.7. The number of aromatic hydroxyl groups is 1. The Morgan fingerprint density at radius 1 is 1.06 bits per heavy atom. The molecule has 3 unspecified atom stereocenters. The Labute approximate surface area is 210 Å². The number of rotatable bonds is 12. The summed E-state index contributed by atoms with van der Waals surface area (Å²) in [6, 6.07) is 4.51. The first kappa shape index (κ1) is 30.3. The average molecular weight is 492 g/mol. The molecule has 1 aromatic carbocycles. The summed E-state index contributed by atoms with van der Waals surface area (Å²) in [7, 11) is 0. The van der Waals surface area contributed by atoms with Crippen molar-refractivity contribution in [2.45, 2.75) is 105 Å². The van der Waals surface area contributed by atoms with Crippen LogP contribution in [0.1, 0.15) is 92.7 Å². The van der Waals surface area contributed by atoms with Gasteiger partial charge in [0.2, 0.25) is 11.8 Å². The molecular formula is C27H45N3O5. The van der Waals surface area contributed by atoms with Crippen LogP contribution in [0.2, 0.25) is 0 Å². The fraction of sp³-hybridized carbons (Fsp3) is 0.667. The van der Waals surface area contributed by atoms with Crippen molar-refractivity contribution < 1.29 is 24.2 Å². The first-order valence-corrected chi connectivity index (χ1v) is 12.7. The van der Waals surface area contributed by atoms with Gasteiger partial charge in [0, 0.05) is 12.6 Å². The summed E-state index contributed by atoms with van der Waals surface area (Å²) in [5.41, 5.74) is -0.202. The average Bonchev–Trinajstić information content (AvgIpc) is 2.71. The number of ether oxygens (including phenoxy) is 1. The van der Waals surface area contributed by atoms with E-state index in [0.29, 0.717) is 24.9 Å². The minimum Gasteiger partial charge on any atom is -0.508 e. The molecule has 1 aromatic rings. The van der Waals surface area contributed by atoms with Gasteiger partial charge >= 0.3 is 6.09 Å². The van der Waals surface area contributed by atoms with Gasteiger partial charge in [-0.25, -0.2) is 4.79 Å². The lowest BCUT2D eigenvalue weighted by Gasteiger charge is -2.35. The van der Waals surface area contributed by atoms with Crippen molar-refractivity contribution >= 4 is 17.9 Å². The van der Waals surface area contributed by atoms with Crippen molar-refractivity contribution in [1.29, 1.82) is 0 Å². The van der Waals surface area contributed by atoms with Crippen LogP contribution in [-0.2, 0) is 14.3 Å². The number of carbonyl (C=O) groups excluding carboxylic acids is 3. The molecule has 0 aliphatic heterocycles. The fourth-order valence-electron chi connectivity index (χ4n) is 3.95. The molecule has 3 N–H and O–H groups in total. The molecule has 3 atom stereocenters. The van der Waals surface area contributed by atoms with Gasteiger partial charge < -0.3 is 25.4 Å². The number of nitrogens with one attached hydrogen (secondary N) is 2. The highest BCUT2D eigenvalue weighted by Gasteiger charge is 2.36. The molecule has 198 valence electrons. The van der Waals surface area contributed by atoms with Gasteiger partial charge in [-0.1, -0.05) is 46.2 Å². The summed E-state index contributed by atoms with van der Waals surface area (Å²) in [6.45, 7) is 15.4. The maximum atomic E-state index is 13.9. The molecule has 0 saturated heterocycles. The van der Waals surface area contributed by atoms with Crippen molar-refractivity contribution in [1.82, 2.24) is 15.5 Å². The third-order valence-electron chi connectivity index (χ3n) is 5.30. The summed E-state index contributed by atoms with van der Waals surface area (Å²) in [5.74, 6) is -0.562. The molecule has 0 fully saturated rings. The maximum Gasteiger partial charge on any atom is 0.408 e. The molecule has 35 heavy (non-hydrogen) atoms. The van der Waals surface area contributed by atoms with E-state index in [1.54, 1.807) is 32.9 Å². The van der Waals surface area contributed by atoms with E-state index in [1.165, 1.54) is 17.0 Å². The van der Waals surface area contributed by atoms with Crippen LogP contribution in [0.3, 0.4) is 0 Å². The van der Waals surface area contributed by atoms with E-state index in [9.17, 15) is 19.5 Å². The summed E-state index contributed by atoms with van der Waals surface area (Å²) < 4.78 is 5.39. The largest absolute Gasteiger partial charge is 0.508 e. The zero-order valence-electron chi connectivity index (χ0n) is 22.7. The third kappa shape index (κ3) is 10.6. The number of nitrogens with zero attached hydrogens (tertiary/aromatic N) is 1.